The molecule has 6 nitrogen and oxygen atoms in total. The number of thiophene rings is 1. The van der Waals surface area contributed by atoms with Crippen molar-refractivity contribution in [2.45, 2.75) is 32.8 Å². The average molecular weight is 379 g/mol. The van der Waals surface area contributed by atoms with Crippen molar-refractivity contribution in [1.29, 1.82) is 0 Å². The number of aromatic nitrogens is 4. The lowest BCUT2D eigenvalue weighted by atomic mass is 10.2. The molecule has 138 valence electrons. The molecule has 1 saturated heterocycles. The Labute approximate surface area is 161 Å². The summed E-state index contributed by atoms with van der Waals surface area (Å²) in [5.41, 5.74) is 3.09. The topological polar surface area (TPSA) is 64.3 Å². The van der Waals surface area contributed by atoms with Gasteiger partial charge in [-0.1, -0.05) is 30.3 Å². The Morgan fingerprint density at radius 1 is 1.22 bits per heavy atom. The summed E-state index contributed by atoms with van der Waals surface area (Å²) in [4.78, 5) is 12.0. The van der Waals surface area contributed by atoms with E-state index in [2.05, 4.69) is 19.2 Å². The van der Waals surface area contributed by atoms with Gasteiger partial charge in [0.1, 0.15) is 4.83 Å². The molecule has 0 spiro atoms. The molecule has 1 aliphatic rings. The van der Waals surface area contributed by atoms with E-state index in [9.17, 15) is 0 Å². The van der Waals surface area contributed by atoms with E-state index in [1.807, 2.05) is 34.8 Å². The lowest BCUT2D eigenvalue weighted by Crippen LogP contribution is -2.20. The van der Waals surface area contributed by atoms with Crippen LogP contribution in [-0.4, -0.2) is 38.8 Å². The first-order valence-corrected chi connectivity index (χ1v) is 10.1. The van der Waals surface area contributed by atoms with E-state index < -0.39 is 0 Å². The van der Waals surface area contributed by atoms with E-state index in [0.717, 1.165) is 53.4 Å². The predicted molar refractivity (Wildman–Crippen MR) is 109 cm³/mol. The van der Waals surface area contributed by atoms with Gasteiger partial charge in [-0.25, -0.2) is 9.97 Å². The number of aryl methyl sites for hydroxylation is 2. The molecule has 0 radical (unpaired) electrons. The molecule has 1 atom stereocenters. The molecule has 0 amide bonds. The zero-order valence-electron chi connectivity index (χ0n) is 15.4. The van der Waals surface area contributed by atoms with Crippen molar-refractivity contribution in [1.82, 2.24) is 19.6 Å². The van der Waals surface area contributed by atoms with Gasteiger partial charge in [0.05, 0.1) is 11.5 Å². The maximum absolute atomic E-state index is 5.74. The summed E-state index contributed by atoms with van der Waals surface area (Å²) in [6.07, 6.45) is 2.45. The van der Waals surface area contributed by atoms with Crippen LogP contribution in [0.1, 0.15) is 23.3 Å². The first-order chi connectivity index (χ1) is 13.2. The molecule has 1 fully saturated rings. The monoisotopic (exact) mass is 379 g/mol. The van der Waals surface area contributed by atoms with Crippen molar-refractivity contribution >= 4 is 33.1 Å². The minimum absolute atomic E-state index is 0.237. The van der Waals surface area contributed by atoms with E-state index >= 15 is 0 Å². The van der Waals surface area contributed by atoms with E-state index in [-0.39, 0.29) is 6.10 Å². The van der Waals surface area contributed by atoms with Crippen LogP contribution < -0.4 is 5.32 Å². The van der Waals surface area contributed by atoms with Crippen LogP contribution in [0.25, 0.3) is 27.3 Å². The van der Waals surface area contributed by atoms with Crippen molar-refractivity contribution in [3.8, 4) is 11.4 Å². The number of benzene rings is 1. The van der Waals surface area contributed by atoms with Gasteiger partial charge < -0.3 is 10.1 Å². The second-order valence-corrected chi connectivity index (χ2v) is 8.15. The zero-order chi connectivity index (χ0) is 18.4. The molecule has 1 aromatic carbocycles. The van der Waals surface area contributed by atoms with Gasteiger partial charge >= 0.3 is 0 Å². The van der Waals surface area contributed by atoms with Crippen molar-refractivity contribution < 1.29 is 4.74 Å². The fourth-order valence-corrected chi connectivity index (χ4v) is 4.57. The first kappa shape index (κ1) is 16.6. The van der Waals surface area contributed by atoms with Gasteiger partial charge in [0.15, 0.2) is 11.5 Å². The molecule has 0 aliphatic carbocycles. The summed E-state index contributed by atoms with van der Waals surface area (Å²) < 4.78 is 7.59. The second kappa shape index (κ2) is 6.58. The fourth-order valence-electron chi connectivity index (χ4n) is 3.55. The van der Waals surface area contributed by atoms with E-state index in [1.54, 1.807) is 11.3 Å². The molecule has 27 heavy (non-hydrogen) atoms. The summed E-state index contributed by atoms with van der Waals surface area (Å²) in [7, 11) is 0. The highest BCUT2D eigenvalue weighted by Crippen LogP contribution is 2.33. The van der Waals surface area contributed by atoms with Gasteiger partial charge in [0.25, 0.3) is 0 Å². The molecular formula is C20H21N5OS. The maximum atomic E-state index is 5.74. The Kier molecular flexibility index (Phi) is 4.06. The van der Waals surface area contributed by atoms with Crippen LogP contribution >= 0.6 is 11.3 Å². The Balaban J connectivity index is 1.66. The predicted octanol–water partition coefficient (Wildman–Crippen LogP) is 4.21. The standard InChI is InChI=1S/C20H21N5OS/c1-12-13(2)27-19-16(12)18-22-17(14-7-4-3-5-8-14)24-25(18)20(23-19)21-11-15-9-6-10-26-15/h3-5,7-8,15H,6,9-11H2,1-2H3,(H,21,23)/t15-/m0/s1. The number of fused-ring (bicyclic) bond motifs is 3. The van der Waals surface area contributed by atoms with Crippen LogP contribution in [0.5, 0.6) is 0 Å². The lowest BCUT2D eigenvalue weighted by Gasteiger charge is -2.12. The minimum atomic E-state index is 0.237. The Morgan fingerprint density at radius 3 is 2.85 bits per heavy atom. The quantitative estimate of drug-likeness (QED) is 0.575. The Hall–Kier alpha value is -2.51. The first-order valence-electron chi connectivity index (χ1n) is 9.28. The van der Waals surface area contributed by atoms with Gasteiger partial charge in [0.2, 0.25) is 5.95 Å². The molecule has 0 bridgehead atoms. The van der Waals surface area contributed by atoms with Gasteiger partial charge in [-0.2, -0.15) is 4.52 Å². The van der Waals surface area contributed by atoms with Gasteiger partial charge in [-0.05, 0) is 32.3 Å². The molecule has 1 N–H and O–H groups in total. The maximum Gasteiger partial charge on any atom is 0.227 e. The number of hydrogen-bond donors (Lipinski definition) is 1. The van der Waals surface area contributed by atoms with Crippen LogP contribution in [-0.2, 0) is 4.74 Å². The molecule has 7 heteroatoms. The fraction of sp³-hybridized carbons (Fsp3) is 0.350. The van der Waals surface area contributed by atoms with Crippen molar-refractivity contribution in [2.24, 2.45) is 0 Å². The summed E-state index contributed by atoms with van der Waals surface area (Å²) in [5.74, 6) is 1.44. The molecule has 0 saturated carbocycles. The number of nitrogens with one attached hydrogen (secondary N) is 1. The Bertz CT molecular complexity index is 1110. The molecule has 3 aromatic heterocycles. The number of hydrogen-bond acceptors (Lipinski definition) is 6. The number of nitrogens with zero attached hydrogens (tertiary/aromatic N) is 4. The summed E-state index contributed by atoms with van der Waals surface area (Å²) in [6.45, 7) is 5.84. The highest BCUT2D eigenvalue weighted by molar-refractivity contribution is 7.18. The normalized spacial score (nSPS) is 17.2. The van der Waals surface area contributed by atoms with Crippen LogP contribution in [0.15, 0.2) is 30.3 Å². The SMILES string of the molecule is Cc1sc2nc(NC[C@@H]3CCCO3)n3nc(-c4ccccc4)nc3c2c1C. The second-order valence-electron chi connectivity index (χ2n) is 6.95. The van der Waals surface area contributed by atoms with E-state index in [1.165, 1.54) is 10.4 Å². The van der Waals surface area contributed by atoms with Crippen molar-refractivity contribution in [3.63, 3.8) is 0 Å². The number of ether oxygens (including phenoxy) is 1. The molecule has 0 unspecified atom stereocenters. The van der Waals surface area contributed by atoms with Crippen molar-refractivity contribution in [3.05, 3.63) is 40.8 Å². The molecule has 4 heterocycles. The Morgan fingerprint density at radius 2 is 2.07 bits per heavy atom. The zero-order valence-corrected chi connectivity index (χ0v) is 16.2. The minimum Gasteiger partial charge on any atom is -0.376 e. The molecule has 1 aliphatic heterocycles. The van der Waals surface area contributed by atoms with Gasteiger partial charge in [-0.15, -0.1) is 16.4 Å². The van der Waals surface area contributed by atoms with Crippen LogP contribution in [0.3, 0.4) is 0 Å². The van der Waals surface area contributed by atoms with Crippen LogP contribution in [0.4, 0.5) is 5.95 Å². The van der Waals surface area contributed by atoms with Gasteiger partial charge in [-0.3, -0.25) is 0 Å². The number of rotatable bonds is 4. The summed E-state index contributed by atoms with van der Waals surface area (Å²) in [6, 6.07) is 10.1. The highest BCUT2D eigenvalue weighted by Gasteiger charge is 2.20. The third kappa shape index (κ3) is 2.87. The number of anilines is 1. The molecule has 5 rings (SSSR count). The summed E-state index contributed by atoms with van der Waals surface area (Å²) in [5, 5.41) is 9.31. The molecular weight excluding hydrogens is 358 g/mol. The van der Waals surface area contributed by atoms with Crippen LogP contribution in [0.2, 0.25) is 0 Å². The third-order valence-electron chi connectivity index (χ3n) is 5.15. The summed E-state index contributed by atoms with van der Waals surface area (Å²) >= 11 is 1.71. The van der Waals surface area contributed by atoms with Crippen molar-refractivity contribution in [2.75, 3.05) is 18.5 Å². The van der Waals surface area contributed by atoms with E-state index in [0.29, 0.717) is 5.82 Å². The lowest BCUT2D eigenvalue weighted by molar-refractivity contribution is 0.120. The van der Waals surface area contributed by atoms with E-state index in [4.69, 9.17) is 19.8 Å². The molecule has 4 aromatic rings. The smallest absolute Gasteiger partial charge is 0.227 e. The average Bonchev–Trinajstić information content (AvgIpc) is 3.41. The van der Waals surface area contributed by atoms with Gasteiger partial charge in [0, 0.05) is 23.6 Å². The highest BCUT2D eigenvalue weighted by atomic mass is 32.1. The largest absolute Gasteiger partial charge is 0.376 e. The third-order valence-corrected chi connectivity index (χ3v) is 6.25. The van der Waals surface area contributed by atoms with Crippen LogP contribution in [0, 0.1) is 13.8 Å².